The SMILES string of the molecule is CCN1/C(=C(\C)C2=[N+](C)c3ccccc3C2(C)CC(=O)C2CO2)Sc2c1ccc1ccccc21. The highest BCUT2D eigenvalue weighted by Crippen LogP contribution is 2.52. The minimum Gasteiger partial charge on any atom is -0.365 e. The first-order valence-corrected chi connectivity index (χ1v) is 12.8. The molecule has 1 saturated heterocycles. The van der Waals surface area contributed by atoms with E-state index < -0.39 is 5.41 Å². The fraction of sp³-hybridized carbons (Fsp3) is 0.310. The van der Waals surface area contributed by atoms with E-state index in [2.05, 4.69) is 98.0 Å². The highest BCUT2D eigenvalue weighted by Gasteiger charge is 2.52. The molecule has 2 atom stereocenters. The van der Waals surface area contributed by atoms with E-state index in [0.29, 0.717) is 13.0 Å². The lowest BCUT2D eigenvalue weighted by Crippen LogP contribution is -2.37. The Balaban J connectivity index is 1.52. The predicted octanol–water partition coefficient (Wildman–Crippen LogP) is 6.05. The molecule has 1 fully saturated rings. The average Bonchev–Trinajstić information content (AvgIpc) is 3.60. The number of rotatable bonds is 5. The van der Waals surface area contributed by atoms with Crippen LogP contribution in [0.4, 0.5) is 11.4 Å². The molecular formula is C29H29N2O2S+. The number of hydrogen-bond acceptors (Lipinski definition) is 4. The van der Waals surface area contributed by atoms with Crippen LogP contribution in [-0.4, -0.2) is 42.4 Å². The van der Waals surface area contributed by atoms with Gasteiger partial charge in [-0.25, -0.2) is 0 Å². The summed E-state index contributed by atoms with van der Waals surface area (Å²) in [5.41, 5.74) is 5.71. The molecule has 6 rings (SSSR count). The number of nitrogens with zero attached hydrogens (tertiary/aromatic N) is 2. The van der Waals surface area contributed by atoms with E-state index in [1.807, 2.05) is 11.8 Å². The number of carbonyl (C=O) groups excluding carboxylic acids is 1. The quantitative estimate of drug-likeness (QED) is 0.337. The molecule has 3 aromatic carbocycles. The van der Waals surface area contributed by atoms with Gasteiger partial charge in [0, 0.05) is 35.1 Å². The molecule has 0 spiro atoms. The van der Waals surface area contributed by atoms with Crippen LogP contribution < -0.4 is 4.90 Å². The van der Waals surface area contributed by atoms with Crippen molar-refractivity contribution < 1.29 is 14.1 Å². The number of Topliss-reactive ketones (excluding diaryl/α,β-unsaturated/α-hetero) is 1. The maximum Gasteiger partial charge on any atom is 0.209 e. The van der Waals surface area contributed by atoms with E-state index in [4.69, 9.17) is 4.74 Å². The molecule has 0 N–H and O–H groups in total. The van der Waals surface area contributed by atoms with Crippen molar-refractivity contribution in [3.8, 4) is 0 Å². The highest BCUT2D eigenvalue weighted by atomic mass is 32.2. The number of para-hydroxylation sites is 1. The van der Waals surface area contributed by atoms with Crippen LogP contribution in [0.5, 0.6) is 0 Å². The molecule has 0 aromatic heterocycles. The molecule has 4 nitrogen and oxygen atoms in total. The van der Waals surface area contributed by atoms with Crippen LogP contribution >= 0.6 is 11.8 Å². The zero-order valence-corrected chi connectivity index (χ0v) is 20.9. The van der Waals surface area contributed by atoms with E-state index in [9.17, 15) is 4.79 Å². The van der Waals surface area contributed by atoms with Gasteiger partial charge < -0.3 is 9.64 Å². The van der Waals surface area contributed by atoms with Crippen LogP contribution in [0.3, 0.4) is 0 Å². The molecule has 2 unspecified atom stereocenters. The number of anilines is 1. The van der Waals surface area contributed by atoms with Gasteiger partial charge in [0.15, 0.2) is 11.5 Å². The molecule has 3 aromatic rings. The molecule has 0 aliphatic carbocycles. The van der Waals surface area contributed by atoms with Crippen molar-refractivity contribution >= 4 is 45.4 Å². The van der Waals surface area contributed by atoms with Crippen molar-refractivity contribution in [1.82, 2.24) is 0 Å². The van der Waals surface area contributed by atoms with Gasteiger partial charge >= 0.3 is 0 Å². The van der Waals surface area contributed by atoms with Gasteiger partial charge in [0.25, 0.3) is 0 Å². The van der Waals surface area contributed by atoms with Gasteiger partial charge in [0.05, 0.1) is 22.7 Å². The number of allylic oxidation sites excluding steroid dienone is 1. The molecule has 0 bridgehead atoms. The largest absolute Gasteiger partial charge is 0.365 e. The Morgan fingerprint density at radius 1 is 1.15 bits per heavy atom. The number of carbonyl (C=O) groups is 1. The summed E-state index contributed by atoms with van der Waals surface area (Å²) >= 11 is 1.86. The fourth-order valence-electron chi connectivity index (χ4n) is 5.90. The van der Waals surface area contributed by atoms with Crippen molar-refractivity contribution in [2.75, 3.05) is 25.1 Å². The van der Waals surface area contributed by atoms with Crippen LogP contribution in [0, 0.1) is 0 Å². The van der Waals surface area contributed by atoms with Crippen LogP contribution in [0.15, 0.2) is 76.2 Å². The van der Waals surface area contributed by atoms with Gasteiger partial charge in [-0.15, -0.1) is 0 Å². The molecule has 34 heavy (non-hydrogen) atoms. The van der Waals surface area contributed by atoms with Gasteiger partial charge in [0.2, 0.25) is 5.69 Å². The first-order chi connectivity index (χ1) is 16.4. The number of thioether (sulfide) groups is 1. The van der Waals surface area contributed by atoms with Crippen molar-refractivity contribution in [3.05, 3.63) is 76.8 Å². The Bertz CT molecular complexity index is 1420. The minimum atomic E-state index is -0.401. The normalized spacial score (nSPS) is 24.5. The van der Waals surface area contributed by atoms with Crippen LogP contribution in [0.2, 0.25) is 0 Å². The highest BCUT2D eigenvalue weighted by molar-refractivity contribution is 8.04. The first-order valence-electron chi connectivity index (χ1n) is 12.0. The second kappa shape index (κ2) is 7.82. The minimum absolute atomic E-state index is 0.198. The summed E-state index contributed by atoms with van der Waals surface area (Å²) in [6, 6.07) is 21.6. The molecule has 3 heterocycles. The van der Waals surface area contributed by atoms with E-state index in [-0.39, 0.29) is 11.9 Å². The van der Waals surface area contributed by atoms with Gasteiger partial charge in [-0.05, 0) is 37.6 Å². The lowest BCUT2D eigenvalue weighted by molar-refractivity contribution is -0.402. The van der Waals surface area contributed by atoms with Crippen LogP contribution in [0.1, 0.15) is 32.8 Å². The van der Waals surface area contributed by atoms with Crippen LogP contribution in [-0.2, 0) is 14.9 Å². The lowest BCUT2D eigenvalue weighted by atomic mass is 9.73. The Morgan fingerprint density at radius 3 is 2.65 bits per heavy atom. The smallest absolute Gasteiger partial charge is 0.209 e. The number of ketones is 1. The maximum atomic E-state index is 13.0. The maximum absolute atomic E-state index is 13.0. The van der Waals surface area contributed by atoms with Crippen molar-refractivity contribution in [2.24, 2.45) is 0 Å². The number of fused-ring (bicyclic) bond motifs is 4. The van der Waals surface area contributed by atoms with Crippen LogP contribution in [0.25, 0.3) is 10.8 Å². The standard InChI is InChI=1S/C29H29N2O2S/c1-5-31-23-15-14-19-10-6-7-11-20(19)26(23)34-28(31)18(2)27-29(3,16-24(32)25-17-33-25)21-12-8-9-13-22(21)30(27)4/h6-15,25H,5,16-17H2,1-4H3/q+1. The van der Waals surface area contributed by atoms with Gasteiger partial charge in [0.1, 0.15) is 13.2 Å². The average molecular weight is 470 g/mol. The third-order valence-corrected chi connectivity index (χ3v) is 8.88. The van der Waals surface area contributed by atoms with Crippen molar-refractivity contribution in [1.29, 1.82) is 0 Å². The molecule has 0 radical (unpaired) electrons. The summed E-state index contributed by atoms with van der Waals surface area (Å²) in [6.07, 6.45) is 0.221. The van der Waals surface area contributed by atoms with Gasteiger partial charge in [-0.2, -0.15) is 4.58 Å². The summed E-state index contributed by atoms with van der Waals surface area (Å²) in [4.78, 5) is 16.8. The molecular weight excluding hydrogens is 440 g/mol. The molecule has 172 valence electrons. The summed E-state index contributed by atoms with van der Waals surface area (Å²) in [5.74, 6) is 0.198. The monoisotopic (exact) mass is 469 g/mol. The molecule has 0 saturated carbocycles. The Hall–Kier alpha value is -2.89. The van der Waals surface area contributed by atoms with E-state index in [0.717, 1.165) is 6.54 Å². The van der Waals surface area contributed by atoms with E-state index >= 15 is 0 Å². The summed E-state index contributed by atoms with van der Waals surface area (Å²) in [6.45, 7) is 8.12. The fourth-order valence-corrected chi connectivity index (χ4v) is 7.26. The van der Waals surface area contributed by atoms with E-state index in [1.54, 1.807) is 0 Å². The van der Waals surface area contributed by atoms with E-state index in [1.165, 1.54) is 48.9 Å². The number of ether oxygens (including phenoxy) is 1. The Morgan fingerprint density at radius 2 is 1.88 bits per heavy atom. The summed E-state index contributed by atoms with van der Waals surface area (Å²) in [5, 5.41) is 3.81. The predicted molar refractivity (Wildman–Crippen MR) is 140 cm³/mol. The topological polar surface area (TPSA) is 35.9 Å². The number of benzene rings is 3. The Labute approximate surface area is 204 Å². The second-order valence-corrected chi connectivity index (χ2v) is 10.6. The molecule has 3 aliphatic rings. The number of hydrogen-bond donors (Lipinski definition) is 0. The van der Waals surface area contributed by atoms with Gasteiger partial charge in [-0.1, -0.05) is 60.3 Å². The summed E-state index contributed by atoms with van der Waals surface area (Å²) < 4.78 is 7.66. The summed E-state index contributed by atoms with van der Waals surface area (Å²) in [7, 11) is 2.14. The first kappa shape index (κ1) is 21.6. The second-order valence-electron chi connectivity index (χ2n) is 9.63. The van der Waals surface area contributed by atoms with Crippen molar-refractivity contribution in [2.45, 2.75) is 43.6 Å². The molecule has 3 aliphatic heterocycles. The van der Waals surface area contributed by atoms with Gasteiger partial charge in [-0.3, -0.25) is 4.79 Å². The molecule has 5 heteroatoms. The third kappa shape index (κ3) is 3.10. The van der Waals surface area contributed by atoms with Crippen molar-refractivity contribution in [3.63, 3.8) is 0 Å². The zero-order chi connectivity index (χ0) is 23.6. The number of epoxide rings is 1. The lowest BCUT2D eigenvalue weighted by Gasteiger charge is -2.26. The Kier molecular flexibility index (Phi) is 4.98. The third-order valence-electron chi connectivity index (χ3n) is 7.52. The molecule has 0 amide bonds. The zero-order valence-electron chi connectivity index (χ0n) is 20.1.